The summed E-state index contributed by atoms with van der Waals surface area (Å²) in [6.07, 6.45) is 1.64. The molecule has 0 fully saturated rings. The normalized spacial score (nSPS) is 12.4. The van der Waals surface area contributed by atoms with Gasteiger partial charge in [-0.1, -0.05) is 23.7 Å². The number of rotatable bonds is 10. The molecular weight excluding hydrogens is 504 g/mol. The van der Waals surface area contributed by atoms with Crippen molar-refractivity contribution < 1.29 is 9.15 Å². The van der Waals surface area contributed by atoms with E-state index in [4.69, 9.17) is 20.8 Å². The molecule has 10 heteroatoms. The van der Waals surface area contributed by atoms with E-state index in [2.05, 4.69) is 38.4 Å². The average Bonchev–Trinajstić information content (AvgIpc) is 3.58. The lowest BCUT2D eigenvalue weighted by molar-refractivity contribution is 0.163. The van der Waals surface area contributed by atoms with E-state index in [0.29, 0.717) is 42.7 Å². The lowest BCUT2D eigenvalue weighted by atomic mass is 10.00. The number of aromatic amines is 1. The molecule has 3 aromatic heterocycles. The maximum Gasteiger partial charge on any atom is 0.253 e. The van der Waals surface area contributed by atoms with E-state index in [-0.39, 0.29) is 5.56 Å². The van der Waals surface area contributed by atoms with Crippen molar-refractivity contribution >= 4 is 22.5 Å². The monoisotopic (exact) mass is 532 g/mol. The van der Waals surface area contributed by atoms with Crippen LogP contribution in [0.4, 0.5) is 0 Å². The molecule has 3 heterocycles. The van der Waals surface area contributed by atoms with Gasteiger partial charge in [0, 0.05) is 29.8 Å². The Morgan fingerprint density at radius 3 is 2.63 bits per heavy atom. The predicted octanol–water partition coefficient (Wildman–Crippen LogP) is 4.82. The summed E-state index contributed by atoms with van der Waals surface area (Å²) in [7, 11) is 1.63. The predicted molar refractivity (Wildman–Crippen MR) is 145 cm³/mol. The Balaban J connectivity index is 1.69. The lowest BCUT2D eigenvalue weighted by Gasteiger charge is -2.30. The van der Waals surface area contributed by atoms with Crippen molar-refractivity contribution in [1.29, 1.82) is 0 Å². The zero-order chi connectivity index (χ0) is 26.6. The van der Waals surface area contributed by atoms with E-state index in [1.807, 2.05) is 55.5 Å². The molecular formula is C28H29ClN6O3. The van der Waals surface area contributed by atoms with Crippen LogP contribution in [-0.4, -0.2) is 43.8 Å². The van der Waals surface area contributed by atoms with Gasteiger partial charge in [-0.05, 0) is 88.8 Å². The summed E-state index contributed by atoms with van der Waals surface area (Å²) in [6, 6.07) is 16.9. The molecule has 0 bridgehead atoms. The molecule has 0 radical (unpaired) electrons. The number of hydrogen-bond donors (Lipinski definition) is 1. The number of H-pyrrole nitrogens is 1. The van der Waals surface area contributed by atoms with Gasteiger partial charge in [-0.2, -0.15) is 0 Å². The van der Waals surface area contributed by atoms with Crippen molar-refractivity contribution in [3.8, 4) is 0 Å². The van der Waals surface area contributed by atoms with Gasteiger partial charge in [0.1, 0.15) is 11.8 Å². The Morgan fingerprint density at radius 1 is 1.11 bits per heavy atom. The van der Waals surface area contributed by atoms with Crippen molar-refractivity contribution in [1.82, 2.24) is 30.1 Å². The first kappa shape index (κ1) is 25.8. The van der Waals surface area contributed by atoms with Crippen LogP contribution in [-0.2, 0) is 24.4 Å². The Kier molecular flexibility index (Phi) is 7.69. The smallest absolute Gasteiger partial charge is 0.253 e. The lowest BCUT2D eigenvalue weighted by Crippen LogP contribution is -2.35. The molecule has 0 amide bonds. The fourth-order valence-electron chi connectivity index (χ4n) is 4.61. The number of hydrogen-bond acceptors (Lipinski definition) is 7. The summed E-state index contributed by atoms with van der Waals surface area (Å²) in [6.45, 7) is 5.87. The van der Waals surface area contributed by atoms with E-state index >= 15 is 0 Å². The number of aryl methyl sites for hydroxylation is 2. The third-order valence-corrected chi connectivity index (χ3v) is 6.95. The fourth-order valence-corrected chi connectivity index (χ4v) is 4.73. The fraction of sp³-hybridized carbons (Fsp3) is 0.286. The Labute approximate surface area is 225 Å². The molecule has 5 rings (SSSR count). The maximum atomic E-state index is 13.7. The van der Waals surface area contributed by atoms with Gasteiger partial charge in [0.25, 0.3) is 5.56 Å². The third kappa shape index (κ3) is 5.55. The second-order valence-electron chi connectivity index (χ2n) is 9.34. The van der Waals surface area contributed by atoms with Gasteiger partial charge in [-0.3, -0.25) is 9.69 Å². The Hall–Kier alpha value is -3.79. The molecule has 5 aromatic rings. The minimum absolute atomic E-state index is 0.201. The first-order valence-corrected chi connectivity index (χ1v) is 12.7. The standard InChI is InChI=1S/C28H29ClN6O3/c1-18-13-21-15-24(28(36)30-25(21)14-19(18)2)26(27-31-32-33-35(27)10-12-37-3)34(17-23-5-4-11-38-23)16-20-6-8-22(29)9-7-20/h4-9,11,13-15,26H,10,12,16-17H2,1-3H3,(H,30,36)/t26-/m1/s1. The number of furan rings is 1. The number of pyridine rings is 1. The second kappa shape index (κ2) is 11.3. The Morgan fingerprint density at radius 2 is 1.89 bits per heavy atom. The van der Waals surface area contributed by atoms with Crippen LogP contribution in [0.3, 0.4) is 0 Å². The first-order valence-electron chi connectivity index (χ1n) is 12.3. The summed E-state index contributed by atoms with van der Waals surface area (Å²) in [5, 5.41) is 14.2. The third-order valence-electron chi connectivity index (χ3n) is 6.70. The van der Waals surface area contributed by atoms with E-state index in [1.165, 1.54) is 0 Å². The molecule has 0 aliphatic carbocycles. The number of nitrogens with zero attached hydrogens (tertiary/aromatic N) is 5. The zero-order valence-electron chi connectivity index (χ0n) is 21.5. The molecule has 0 saturated carbocycles. The molecule has 0 spiro atoms. The number of benzene rings is 2. The molecule has 0 saturated heterocycles. The number of nitrogens with one attached hydrogen (secondary N) is 1. The summed E-state index contributed by atoms with van der Waals surface area (Å²) >= 11 is 6.16. The largest absolute Gasteiger partial charge is 0.468 e. The van der Waals surface area contributed by atoms with Crippen molar-refractivity contribution in [3.05, 3.63) is 110 Å². The highest BCUT2D eigenvalue weighted by atomic mass is 35.5. The van der Waals surface area contributed by atoms with Gasteiger partial charge < -0.3 is 14.1 Å². The molecule has 196 valence electrons. The van der Waals surface area contributed by atoms with E-state index in [0.717, 1.165) is 33.4 Å². The SMILES string of the molecule is COCCn1nnnc1[C@@H](c1cc2cc(C)c(C)cc2[nH]c1=O)N(Cc1ccc(Cl)cc1)Cc1ccco1. The van der Waals surface area contributed by atoms with Gasteiger partial charge in [0.2, 0.25) is 0 Å². The van der Waals surface area contributed by atoms with E-state index < -0.39 is 6.04 Å². The molecule has 2 aromatic carbocycles. The van der Waals surface area contributed by atoms with Crippen LogP contribution >= 0.6 is 11.6 Å². The quantitative estimate of drug-likeness (QED) is 0.275. The molecule has 9 nitrogen and oxygen atoms in total. The maximum absolute atomic E-state index is 13.7. The van der Waals surface area contributed by atoms with Crippen LogP contribution in [0.2, 0.25) is 5.02 Å². The second-order valence-corrected chi connectivity index (χ2v) is 9.78. The number of ether oxygens (including phenoxy) is 1. The van der Waals surface area contributed by atoms with Crippen LogP contribution < -0.4 is 5.56 Å². The summed E-state index contributed by atoms with van der Waals surface area (Å²) in [4.78, 5) is 18.9. The first-order chi connectivity index (χ1) is 18.4. The molecule has 0 unspecified atom stereocenters. The van der Waals surface area contributed by atoms with Gasteiger partial charge in [0.05, 0.1) is 26.0 Å². The molecule has 0 aliphatic rings. The van der Waals surface area contributed by atoms with Gasteiger partial charge in [-0.25, -0.2) is 4.68 Å². The number of fused-ring (bicyclic) bond motifs is 1. The topological polar surface area (TPSA) is 102 Å². The molecule has 0 aliphatic heterocycles. The highest BCUT2D eigenvalue weighted by Gasteiger charge is 2.31. The van der Waals surface area contributed by atoms with E-state index in [9.17, 15) is 4.79 Å². The zero-order valence-corrected chi connectivity index (χ0v) is 22.3. The van der Waals surface area contributed by atoms with Crippen LogP contribution in [0.1, 0.15) is 39.9 Å². The number of tetrazole rings is 1. The average molecular weight is 533 g/mol. The van der Waals surface area contributed by atoms with Gasteiger partial charge >= 0.3 is 0 Å². The van der Waals surface area contributed by atoms with Gasteiger partial charge in [0.15, 0.2) is 5.82 Å². The van der Waals surface area contributed by atoms with Crippen molar-refractivity contribution in [3.63, 3.8) is 0 Å². The highest BCUT2D eigenvalue weighted by molar-refractivity contribution is 6.30. The highest BCUT2D eigenvalue weighted by Crippen LogP contribution is 2.31. The summed E-state index contributed by atoms with van der Waals surface area (Å²) in [5.74, 6) is 1.29. The van der Waals surface area contributed by atoms with Crippen LogP contribution in [0.15, 0.2) is 70.1 Å². The molecule has 1 N–H and O–H groups in total. The van der Waals surface area contributed by atoms with Gasteiger partial charge in [-0.15, -0.1) is 5.10 Å². The van der Waals surface area contributed by atoms with Crippen LogP contribution in [0.25, 0.3) is 10.9 Å². The minimum Gasteiger partial charge on any atom is -0.468 e. The van der Waals surface area contributed by atoms with Crippen molar-refractivity contribution in [2.45, 2.75) is 39.5 Å². The number of halogens is 1. The number of methoxy groups -OCH3 is 1. The molecule has 38 heavy (non-hydrogen) atoms. The molecule has 1 atom stereocenters. The summed E-state index contributed by atoms with van der Waals surface area (Å²) < 4.78 is 12.7. The van der Waals surface area contributed by atoms with Crippen LogP contribution in [0.5, 0.6) is 0 Å². The van der Waals surface area contributed by atoms with Crippen molar-refractivity contribution in [2.24, 2.45) is 0 Å². The summed E-state index contributed by atoms with van der Waals surface area (Å²) in [5.41, 5.74) is 4.40. The Bertz CT molecular complexity index is 1580. The van der Waals surface area contributed by atoms with Crippen LogP contribution in [0, 0.1) is 13.8 Å². The minimum atomic E-state index is -0.586. The number of aromatic nitrogens is 5. The van der Waals surface area contributed by atoms with Crippen molar-refractivity contribution in [2.75, 3.05) is 13.7 Å². The van der Waals surface area contributed by atoms with E-state index in [1.54, 1.807) is 18.1 Å².